The first-order valence-electron chi connectivity index (χ1n) is 9.11. The van der Waals surface area contributed by atoms with Crippen molar-refractivity contribution in [3.05, 3.63) is 106 Å². The van der Waals surface area contributed by atoms with Crippen LogP contribution in [0.15, 0.2) is 83.8 Å². The first-order valence-corrected chi connectivity index (χ1v) is 9.88. The van der Waals surface area contributed by atoms with Crippen LogP contribution >= 0.6 is 11.9 Å². The van der Waals surface area contributed by atoms with Gasteiger partial charge in [-0.2, -0.15) is 0 Å². The Morgan fingerprint density at radius 1 is 0.964 bits per heavy atom. The molecule has 28 heavy (non-hydrogen) atoms. The van der Waals surface area contributed by atoms with Crippen molar-refractivity contribution in [3.8, 4) is 11.8 Å². The zero-order valence-corrected chi connectivity index (χ0v) is 16.4. The predicted octanol–water partition coefficient (Wildman–Crippen LogP) is 5.60. The van der Waals surface area contributed by atoms with Crippen LogP contribution in [0.1, 0.15) is 27.0 Å². The summed E-state index contributed by atoms with van der Waals surface area (Å²) in [7, 11) is 1.98. The van der Waals surface area contributed by atoms with Gasteiger partial charge in [-0.05, 0) is 47.3 Å². The van der Waals surface area contributed by atoms with Gasteiger partial charge < -0.3 is 4.31 Å². The number of benzene rings is 3. The molecule has 0 fully saturated rings. The standard InChI is InChI=1S/C25H19NOS/c1-26-23-16-15-21(14-8-13-19-9-4-2-5-10-19)17-22(23)25(27)24(28-26)18-20-11-6-3-7-12-20/h2-7,9-12,15-18H,13H2,1H3/b24-18-. The van der Waals surface area contributed by atoms with E-state index in [1.54, 1.807) is 0 Å². The molecule has 0 aliphatic carbocycles. The van der Waals surface area contributed by atoms with Crippen LogP contribution in [0, 0.1) is 11.8 Å². The zero-order chi connectivity index (χ0) is 19.3. The predicted molar refractivity (Wildman–Crippen MR) is 118 cm³/mol. The SMILES string of the molecule is CN1S/C(=C\c2ccccc2)C(=O)c2cc(C#CCc3ccccc3)ccc21. The van der Waals surface area contributed by atoms with Gasteiger partial charge in [0.1, 0.15) is 0 Å². The lowest BCUT2D eigenvalue weighted by Gasteiger charge is -2.27. The molecule has 3 heteroatoms. The highest BCUT2D eigenvalue weighted by molar-refractivity contribution is 8.05. The molecule has 0 unspecified atom stereocenters. The lowest BCUT2D eigenvalue weighted by Crippen LogP contribution is -2.20. The fraction of sp³-hybridized carbons (Fsp3) is 0.0800. The molecule has 1 aliphatic heterocycles. The van der Waals surface area contributed by atoms with Gasteiger partial charge in [-0.25, -0.2) is 0 Å². The average Bonchev–Trinajstić information content (AvgIpc) is 2.73. The minimum absolute atomic E-state index is 0.0497. The number of ketones is 1. The van der Waals surface area contributed by atoms with Crippen LogP contribution in [0.2, 0.25) is 0 Å². The van der Waals surface area contributed by atoms with Gasteiger partial charge >= 0.3 is 0 Å². The molecule has 1 heterocycles. The first kappa shape index (κ1) is 18.2. The molecule has 0 saturated heterocycles. The quantitative estimate of drug-likeness (QED) is 0.327. The van der Waals surface area contributed by atoms with Crippen LogP contribution in [0.4, 0.5) is 5.69 Å². The lowest BCUT2D eigenvalue weighted by atomic mass is 10.0. The second-order valence-corrected chi connectivity index (χ2v) is 7.70. The van der Waals surface area contributed by atoms with Crippen molar-refractivity contribution in [3.63, 3.8) is 0 Å². The van der Waals surface area contributed by atoms with E-state index in [-0.39, 0.29) is 5.78 Å². The van der Waals surface area contributed by atoms with Crippen molar-refractivity contribution in [2.45, 2.75) is 6.42 Å². The number of hydrogen-bond acceptors (Lipinski definition) is 3. The third kappa shape index (κ3) is 4.03. The Labute approximate surface area is 170 Å². The van der Waals surface area contributed by atoms with E-state index in [4.69, 9.17) is 0 Å². The average molecular weight is 382 g/mol. The number of fused-ring (bicyclic) bond motifs is 1. The van der Waals surface area contributed by atoms with Crippen molar-refractivity contribution in [1.29, 1.82) is 0 Å². The van der Waals surface area contributed by atoms with Crippen LogP contribution < -0.4 is 4.31 Å². The maximum atomic E-state index is 13.1. The number of Topliss-reactive ketones (excluding diaryl/α,β-unsaturated/α-hetero) is 1. The highest BCUT2D eigenvalue weighted by Gasteiger charge is 2.26. The molecule has 0 atom stereocenters. The minimum Gasteiger partial charge on any atom is -0.314 e. The van der Waals surface area contributed by atoms with E-state index in [1.807, 2.05) is 84.2 Å². The number of allylic oxidation sites excluding steroid dienone is 1. The number of anilines is 1. The maximum absolute atomic E-state index is 13.1. The summed E-state index contributed by atoms with van der Waals surface area (Å²) in [4.78, 5) is 13.8. The van der Waals surface area contributed by atoms with Crippen LogP contribution in [0.3, 0.4) is 0 Å². The summed E-state index contributed by atoms with van der Waals surface area (Å²) in [5, 5.41) is 0. The lowest BCUT2D eigenvalue weighted by molar-refractivity contribution is 0.104. The molecule has 0 N–H and O–H groups in total. The smallest absolute Gasteiger partial charge is 0.203 e. The number of carbonyl (C=O) groups is 1. The molecular weight excluding hydrogens is 362 g/mol. The monoisotopic (exact) mass is 381 g/mol. The minimum atomic E-state index is 0.0497. The van der Waals surface area contributed by atoms with Gasteiger partial charge in [-0.3, -0.25) is 4.79 Å². The maximum Gasteiger partial charge on any atom is 0.203 e. The van der Waals surface area contributed by atoms with Gasteiger partial charge in [-0.1, -0.05) is 72.5 Å². The van der Waals surface area contributed by atoms with Crippen LogP contribution in [-0.2, 0) is 6.42 Å². The van der Waals surface area contributed by atoms with E-state index in [2.05, 4.69) is 24.0 Å². The number of carbonyl (C=O) groups excluding carboxylic acids is 1. The molecule has 0 amide bonds. The van der Waals surface area contributed by atoms with E-state index in [1.165, 1.54) is 17.5 Å². The Morgan fingerprint density at radius 2 is 1.68 bits per heavy atom. The summed E-state index contributed by atoms with van der Waals surface area (Å²) in [5.74, 6) is 6.45. The van der Waals surface area contributed by atoms with E-state index >= 15 is 0 Å². The molecule has 0 bridgehead atoms. The van der Waals surface area contributed by atoms with Crippen molar-refractivity contribution < 1.29 is 4.79 Å². The van der Waals surface area contributed by atoms with Gasteiger partial charge in [0.2, 0.25) is 5.78 Å². The topological polar surface area (TPSA) is 20.3 Å². The van der Waals surface area contributed by atoms with Crippen LogP contribution in [0.25, 0.3) is 6.08 Å². The Balaban J connectivity index is 1.61. The van der Waals surface area contributed by atoms with E-state index < -0.39 is 0 Å². The second kappa shape index (κ2) is 8.21. The van der Waals surface area contributed by atoms with E-state index in [9.17, 15) is 4.79 Å². The molecule has 4 rings (SSSR count). The molecule has 0 saturated carbocycles. The highest BCUT2D eigenvalue weighted by Crippen LogP contribution is 2.39. The molecule has 0 radical (unpaired) electrons. The summed E-state index contributed by atoms with van der Waals surface area (Å²) in [6.07, 6.45) is 2.64. The van der Waals surface area contributed by atoms with Gasteiger partial charge in [0.25, 0.3) is 0 Å². The Hall–Kier alpha value is -3.22. The van der Waals surface area contributed by atoms with Crippen molar-refractivity contribution >= 4 is 29.5 Å². The van der Waals surface area contributed by atoms with Crippen LogP contribution in [0.5, 0.6) is 0 Å². The number of rotatable bonds is 2. The third-order valence-electron chi connectivity index (χ3n) is 4.50. The van der Waals surface area contributed by atoms with Crippen LogP contribution in [-0.4, -0.2) is 12.8 Å². The van der Waals surface area contributed by atoms with Crippen molar-refractivity contribution in [2.75, 3.05) is 11.4 Å². The fourth-order valence-electron chi connectivity index (χ4n) is 3.08. The third-order valence-corrected chi connectivity index (χ3v) is 5.48. The molecule has 0 aromatic heterocycles. The van der Waals surface area contributed by atoms with Gasteiger partial charge in [0.05, 0.1) is 10.6 Å². The van der Waals surface area contributed by atoms with Crippen molar-refractivity contribution in [1.82, 2.24) is 0 Å². The molecule has 3 aromatic carbocycles. The molecule has 136 valence electrons. The summed E-state index contributed by atoms with van der Waals surface area (Å²) in [6.45, 7) is 0. The fourth-order valence-corrected chi connectivity index (χ4v) is 4.01. The normalized spacial score (nSPS) is 14.4. The van der Waals surface area contributed by atoms with E-state index in [0.29, 0.717) is 12.0 Å². The first-order chi connectivity index (χ1) is 13.7. The Bertz CT molecular complexity index is 1090. The molecule has 3 aromatic rings. The Morgan fingerprint density at radius 3 is 2.43 bits per heavy atom. The summed E-state index contributed by atoms with van der Waals surface area (Å²) < 4.78 is 2.03. The molecular formula is C25H19NOS. The summed E-state index contributed by atoms with van der Waals surface area (Å²) >= 11 is 1.46. The zero-order valence-electron chi connectivity index (χ0n) is 15.6. The van der Waals surface area contributed by atoms with Gasteiger partial charge in [0.15, 0.2) is 0 Å². The highest BCUT2D eigenvalue weighted by atomic mass is 32.2. The molecule has 1 aliphatic rings. The van der Waals surface area contributed by atoms with E-state index in [0.717, 1.165) is 21.7 Å². The summed E-state index contributed by atoms with van der Waals surface area (Å²) in [5.41, 5.74) is 4.70. The molecule has 0 spiro atoms. The molecule has 2 nitrogen and oxygen atoms in total. The summed E-state index contributed by atoms with van der Waals surface area (Å²) in [6, 6.07) is 26.0. The second-order valence-electron chi connectivity index (χ2n) is 6.53. The van der Waals surface area contributed by atoms with Gasteiger partial charge in [-0.15, -0.1) is 0 Å². The Kier molecular flexibility index (Phi) is 5.32. The largest absolute Gasteiger partial charge is 0.314 e. The number of hydrogen-bond donors (Lipinski definition) is 0. The van der Waals surface area contributed by atoms with Crippen molar-refractivity contribution in [2.24, 2.45) is 0 Å². The van der Waals surface area contributed by atoms with Gasteiger partial charge in [0, 0.05) is 24.6 Å². The number of nitrogens with zero attached hydrogens (tertiary/aromatic N) is 1.